The predicted molar refractivity (Wildman–Crippen MR) is 75.0 cm³/mol. The van der Waals surface area contributed by atoms with Gasteiger partial charge in [0.2, 0.25) is 10.0 Å². The fourth-order valence-electron chi connectivity index (χ4n) is 2.03. The molecule has 0 bridgehead atoms. The number of aliphatic hydroxyl groups excluding tert-OH is 1. The van der Waals surface area contributed by atoms with Gasteiger partial charge in [-0.05, 0) is 25.0 Å². The van der Waals surface area contributed by atoms with Crippen LogP contribution in [0.25, 0.3) is 0 Å². The Hall–Kier alpha value is -0.330. The molecule has 0 spiro atoms. The van der Waals surface area contributed by atoms with Gasteiger partial charge in [-0.1, -0.05) is 30.1 Å². The molecule has 1 saturated carbocycles. The first-order valence-electron chi connectivity index (χ1n) is 6.03. The lowest BCUT2D eigenvalue weighted by Crippen LogP contribution is -2.33. The van der Waals surface area contributed by atoms with Crippen LogP contribution in [-0.4, -0.2) is 30.4 Å². The van der Waals surface area contributed by atoms with Crippen LogP contribution in [0.1, 0.15) is 25.3 Å². The first kappa shape index (κ1) is 15.1. The van der Waals surface area contributed by atoms with Crippen molar-refractivity contribution in [3.05, 3.63) is 27.7 Å². The molecule has 4 nitrogen and oxygen atoms in total. The first-order valence-corrected chi connectivity index (χ1v) is 8.22. The topological polar surface area (TPSA) is 57.6 Å². The molecule has 0 amide bonds. The fourth-order valence-corrected chi connectivity index (χ4v) is 4.60. The molecular weight excluding hydrogens is 309 g/mol. The molecule has 0 unspecified atom stereocenters. The van der Waals surface area contributed by atoms with Crippen molar-refractivity contribution in [2.24, 2.45) is 0 Å². The summed E-state index contributed by atoms with van der Waals surface area (Å²) in [5.41, 5.74) is 0.247. The molecule has 2 rings (SSSR count). The Bertz CT molecular complexity index is 585. The zero-order chi connectivity index (χ0) is 14.2. The van der Waals surface area contributed by atoms with E-state index < -0.39 is 16.6 Å². The molecule has 0 heterocycles. The van der Waals surface area contributed by atoms with Gasteiger partial charge >= 0.3 is 0 Å². The monoisotopic (exact) mass is 323 g/mol. The van der Waals surface area contributed by atoms with Crippen LogP contribution in [0.4, 0.5) is 0 Å². The standard InChI is InChI=1S/C12H15Cl2NO3S/c1-2-15(8-3-4-8)19(17,18)11-6-5-10(13)9(7-16)12(11)14/h5-6,8,16H,2-4,7H2,1H3. The zero-order valence-electron chi connectivity index (χ0n) is 10.4. The van der Waals surface area contributed by atoms with E-state index in [0.717, 1.165) is 12.8 Å². The Morgan fingerprint density at radius 1 is 1.37 bits per heavy atom. The minimum Gasteiger partial charge on any atom is -0.392 e. The summed E-state index contributed by atoms with van der Waals surface area (Å²) in [6.07, 6.45) is 1.76. The van der Waals surface area contributed by atoms with Crippen LogP contribution in [0.2, 0.25) is 10.0 Å². The summed E-state index contributed by atoms with van der Waals surface area (Å²) in [6.45, 7) is 1.81. The number of benzene rings is 1. The highest BCUT2D eigenvalue weighted by Crippen LogP contribution is 2.36. The van der Waals surface area contributed by atoms with E-state index in [-0.39, 0.29) is 26.5 Å². The molecule has 1 aliphatic rings. The molecule has 1 N–H and O–H groups in total. The second kappa shape index (κ2) is 5.58. The Labute approximate surface area is 123 Å². The van der Waals surface area contributed by atoms with Crippen molar-refractivity contribution in [2.75, 3.05) is 6.54 Å². The van der Waals surface area contributed by atoms with E-state index >= 15 is 0 Å². The second-order valence-corrected chi connectivity index (χ2v) is 7.08. The number of sulfonamides is 1. The van der Waals surface area contributed by atoms with E-state index in [0.29, 0.717) is 6.54 Å². The minimum atomic E-state index is -3.64. The van der Waals surface area contributed by atoms with Crippen molar-refractivity contribution >= 4 is 33.2 Å². The van der Waals surface area contributed by atoms with Crippen LogP contribution in [0, 0.1) is 0 Å². The molecule has 1 fully saturated rings. The Kier molecular flexibility index (Phi) is 4.42. The Morgan fingerprint density at radius 2 is 2.00 bits per heavy atom. The zero-order valence-corrected chi connectivity index (χ0v) is 12.8. The molecule has 0 saturated heterocycles. The summed E-state index contributed by atoms with van der Waals surface area (Å²) in [4.78, 5) is 0.0105. The number of hydrogen-bond donors (Lipinski definition) is 1. The first-order chi connectivity index (χ1) is 8.93. The van der Waals surface area contributed by atoms with Crippen LogP contribution >= 0.6 is 23.2 Å². The summed E-state index contributed by atoms with van der Waals surface area (Å²) in [7, 11) is -3.64. The molecular formula is C12H15Cl2NO3S. The van der Waals surface area contributed by atoms with E-state index in [1.54, 1.807) is 6.92 Å². The quantitative estimate of drug-likeness (QED) is 0.906. The molecule has 0 radical (unpaired) electrons. The summed E-state index contributed by atoms with van der Waals surface area (Å²) in [5, 5.41) is 9.50. The van der Waals surface area contributed by atoms with Crippen molar-refractivity contribution in [1.82, 2.24) is 4.31 Å². The molecule has 106 valence electrons. The van der Waals surface area contributed by atoms with E-state index in [1.165, 1.54) is 16.4 Å². The van der Waals surface area contributed by atoms with Gasteiger partial charge in [-0.15, -0.1) is 0 Å². The minimum absolute atomic E-state index is 0.00843. The Balaban J connectivity index is 2.51. The number of rotatable bonds is 5. The largest absolute Gasteiger partial charge is 0.392 e. The SMILES string of the molecule is CCN(C1CC1)S(=O)(=O)c1ccc(Cl)c(CO)c1Cl. The molecule has 1 aromatic rings. The molecule has 0 atom stereocenters. The highest BCUT2D eigenvalue weighted by molar-refractivity contribution is 7.89. The van der Waals surface area contributed by atoms with E-state index in [1.807, 2.05) is 0 Å². The van der Waals surface area contributed by atoms with Gasteiger partial charge < -0.3 is 5.11 Å². The maximum absolute atomic E-state index is 12.6. The van der Waals surface area contributed by atoms with Gasteiger partial charge in [-0.25, -0.2) is 8.42 Å². The maximum Gasteiger partial charge on any atom is 0.244 e. The van der Waals surface area contributed by atoms with Gasteiger partial charge in [0.05, 0.1) is 11.6 Å². The van der Waals surface area contributed by atoms with Crippen LogP contribution in [0.5, 0.6) is 0 Å². The lowest BCUT2D eigenvalue weighted by atomic mass is 10.2. The summed E-state index contributed by atoms with van der Waals surface area (Å²) >= 11 is 12.0. The van der Waals surface area contributed by atoms with Crippen molar-refractivity contribution in [3.63, 3.8) is 0 Å². The summed E-state index contributed by atoms with van der Waals surface area (Å²) in [6, 6.07) is 2.91. The molecule has 0 aromatic heterocycles. The summed E-state index contributed by atoms with van der Waals surface area (Å²) < 4.78 is 26.6. The van der Waals surface area contributed by atoms with Crippen LogP contribution < -0.4 is 0 Å². The molecule has 0 aliphatic heterocycles. The lowest BCUT2D eigenvalue weighted by molar-refractivity contribution is 0.281. The number of nitrogens with zero attached hydrogens (tertiary/aromatic N) is 1. The van der Waals surface area contributed by atoms with Crippen molar-refractivity contribution < 1.29 is 13.5 Å². The van der Waals surface area contributed by atoms with Crippen LogP contribution in [0.3, 0.4) is 0 Å². The third-order valence-electron chi connectivity index (χ3n) is 3.16. The number of aliphatic hydroxyl groups is 1. The third kappa shape index (κ3) is 2.76. The third-order valence-corrected chi connectivity index (χ3v) is 6.13. The van der Waals surface area contributed by atoms with Crippen molar-refractivity contribution in [3.8, 4) is 0 Å². The van der Waals surface area contributed by atoms with Crippen molar-refractivity contribution in [2.45, 2.75) is 37.3 Å². The van der Waals surface area contributed by atoms with E-state index in [2.05, 4.69) is 0 Å². The van der Waals surface area contributed by atoms with Crippen LogP contribution in [-0.2, 0) is 16.6 Å². The van der Waals surface area contributed by atoms with Gasteiger partial charge in [-0.2, -0.15) is 4.31 Å². The average Bonchev–Trinajstić information content (AvgIpc) is 3.14. The summed E-state index contributed by atoms with van der Waals surface area (Å²) in [5.74, 6) is 0. The lowest BCUT2D eigenvalue weighted by Gasteiger charge is -2.21. The van der Waals surface area contributed by atoms with Gasteiger partial charge in [0.1, 0.15) is 4.90 Å². The highest BCUT2D eigenvalue weighted by atomic mass is 35.5. The molecule has 1 aliphatic carbocycles. The normalized spacial score (nSPS) is 16.1. The highest BCUT2D eigenvalue weighted by Gasteiger charge is 2.38. The van der Waals surface area contributed by atoms with Gasteiger partial charge in [0.25, 0.3) is 0 Å². The smallest absolute Gasteiger partial charge is 0.244 e. The average molecular weight is 324 g/mol. The van der Waals surface area contributed by atoms with E-state index in [9.17, 15) is 13.5 Å². The van der Waals surface area contributed by atoms with Gasteiger partial charge in [0, 0.05) is 23.2 Å². The molecule has 7 heteroatoms. The van der Waals surface area contributed by atoms with Gasteiger partial charge in [-0.3, -0.25) is 0 Å². The van der Waals surface area contributed by atoms with Gasteiger partial charge in [0.15, 0.2) is 0 Å². The Morgan fingerprint density at radius 3 is 2.47 bits per heavy atom. The molecule has 1 aromatic carbocycles. The molecule has 19 heavy (non-hydrogen) atoms. The number of halogens is 2. The second-order valence-electron chi connectivity index (χ2n) is 4.44. The van der Waals surface area contributed by atoms with E-state index in [4.69, 9.17) is 23.2 Å². The maximum atomic E-state index is 12.6. The van der Waals surface area contributed by atoms with Crippen molar-refractivity contribution in [1.29, 1.82) is 0 Å². The predicted octanol–water partition coefficient (Wildman–Crippen LogP) is 2.66. The number of hydrogen-bond acceptors (Lipinski definition) is 3. The van der Waals surface area contributed by atoms with Crippen LogP contribution in [0.15, 0.2) is 17.0 Å². The fraction of sp³-hybridized carbons (Fsp3) is 0.500.